The molecule has 0 unspecified atom stereocenters. The van der Waals surface area contributed by atoms with Gasteiger partial charge in [0.15, 0.2) is 0 Å². The number of carbonyl (C=O) groups excluding carboxylic acids is 1. The van der Waals surface area contributed by atoms with Gasteiger partial charge in [-0.15, -0.1) is 0 Å². The van der Waals surface area contributed by atoms with Gasteiger partial charge in [-0.05, 0) is 57.6 Å². The van der Waals surface area contributed by atoms with Gasteiger partial charge in [0.1, 0.15) is 6.29 Å². The highest BCUT2D eigenvalue weighted by Crippen LogP contribution is 2.17. The van der Waals surface area contributed by atoms with E-state index in [4.69, 9.17) is 4.74 Å². The second kappa shape index (κ2) is 8.04. The minimum absolute atomic E-state index is 0.0194. The Kier molecular flexibility index (Phi) is 6.66. The van der Waals surface area contributed by atoms with E-state index in [0.29, 0.717) is 0 Å². The van der Waals surface area contributed by atoms with Crippen LogP contribution in [0.3, 0.4) is 0 Å². The molecule has 1 aliphatic rings. The monoisotopic (exact) mass is 248 g/mol. The first-order chi connectivity index (χ1) is 8.65. The topological polar surface area (TPSA) is 26.3 Å². The van der Waals surface area contributed by atoms with Gasteiger partial charge in [-0.25, -0.2) is 0 Å². The maximum atomic E-state index is 11.0. The summed E-state index contributed by atoms with van der Waals surface area (Å²) in [5.41, 5.74) is 3.59. The number of aldehydes is 1. The fourth-order valence-corrected chi connectivity index (χ4v) is 2.16. The Hall–Kier alpha value is -1.15. The lowest BCUT2D eigenvalue weighted by molar-refractivity contribution is -0.105. The first-order valence-corrected chi connectivity index (χ1v) is 6.65. The maximum Gasteiger partial charge on any atom is 0.145 e. The molecule has 0 aromatic rings. The van der Waals surface area contributed by atoms with Crippen molar-refractivity contribution < 1.29 is 9.53 Å². The summed E-state index contributed by atoms with van der Waals surface area (Å²) in [6, 6.07) is 0. The minimum Gasteiger partial charge on any atom is -0.377 e. The van der Waals surface area contributed by atoms with Gasteiger partial charge < -0.3 is 4.74 Å². The van der Waals surface area contributed by atoms with Crippen LogP contribution in [0.2, 0.25) is 0 Å². The molecular formula is C16H24O2. The van der Waals surface area contributed by atoms with Gasteiger partial charge in [0.2, 0.25) is 0 Å². The molecule has 2 nitrogen and oxygen atoms in total. The highest BCUT2D eigenvalue weighted by molar-refractivity contribution is 5.73. The van der Waals surface area contributed by atoms with E-state index in [9.17, 15) is 4.79 Å². The van der Waals surface area contributed by atoms with Gasteiger partial charge in [0, 0.05) is 7.11 Å². The van der Waals surface area contributed by atoms with E-state index in [2.05, 4.69) is 26.0 Å². The molecule has 0 bridgehead atoms. The molecule has 2 heteroatoms. The summed E-state index contributed by atoms with van der Waals surface area (Å²) in [6.07, 6.45) is 12.3. The summed E-state index contributed by atoms with van der Waals surface area (Å²) in [4.78, 5) is 11.0. The van der Waals surface area contributed by atoms with E-state index in [-0.39, 0.29) is 6.10 Å². The van der Waals surface area contributed by atoms with Crippen molar-refractivity contribution in [1.29, 1.82) is 0 Å². The molecular weight excluding hydrogens is 224 g/mol. The van der Waals surface area contributed by atoms with Crippen molar-refractivity contribution in [2.45, 2.75) is 52.1 Å². The molecule has 0 saturated carbocycles. The van der Waals surface area contributed by atoms with Crippen LogP contribution in [-0.4, -0.2) is 19.5 Å². The summed E-state index contributed by atoms with van der Waals surface area (Å²) in [7, 11) is 1.70. The van der Waals surface area contributed by atoms with Crippen molar-refractivity contribution in [3.8, 4) is 0 Å². The van der Waals surface area contributed by atoms with E-state index in [0.717, 1.165) is 44.0 Å². The highest BCUT2D eigenvalue weighted by atomic mass is 16.5. The van der Waals surface area contributed by atoms with E-state index in [1.54, 1.807) is 7.11 Å². The van der Waals surface area contributed by atoms with Crippen LogP contribution in [0.5, 0.6) is 0 Å². The second-order valence-corrected chi connectivity index (χ2v) is 5.02. The van der Waals surface area contributed by atoms with E-state index >= 15 is 0 Å². The number of hydrogen-bond acceptors (Lipinski definition) is 2. The van der Waals surface area contributed by atoms with Gasteiger partial charge in [-0.3, -0.25) is 4.79 Å². The molecule has 0 fully saturated rings. The fourth-order valence-electron chi connectivity index (χ4n) is 2.16. The van der Waals surface area contributed by atoms with Crippen LogP contribution in [0.1, 0.15) is 46.0 Å². The largest absolute Gasteiger partial charge is 0.377 e. The molecule has 0 spiro atoms. The van der Waals surface area contributed by atoms with Crippen LogP contribution >= 0.6 is 0 Å². The van der Waals surface area contributed by atoms with Crippen LogP contribution in [0.15, 0.2) is 34.9 Å². The lowest BCUT2D eigenvalue weighted by Gasteiger charge is -2.13. The van der Waals surface area contributed by atoms with Crippen molar-refractivity contribution in [2.75, 3.05) is 7.11 Å². The number of carbonyl (C=O) groups is 1. The predicted molar refractivity (Wildman–Crippen MR) is 75.5 cm³/mol. The van der Waals surface area contributed by atoms with Crippen LogP contribution in [0.4, 0.5) is 0 Å². The Morgan fingerprint density at radius 1 is 1.17 bits per heavy atom. The number of methoxy groups -OCH3 is 1. The summed E-state index contributed by atoms with van der Waals surface area (Å²) >= 11 is 0. The van der Waals surface area contributed by atoms with Crippen LogP contribution in [0, 0.1) is 0 Å². The predicted octanol–water partition coefficient (Wildman–Crippen LogP) is 3.98. The first kappa shape index (κ1) is 14.9. The van der Waals surface area contributed by atoms with Crippen LogP contribution < -0.4 is 0 Å². The Bertz CT molecular complexity index is 361. The van der Waals surface area contributed by atoms with Gasteiger partial charge in [0.05, 0.1) is 6.10 Å². The fraction of sp³-hybridized carbons (Fsp3) is 0.562. The Balaban J connectivity index is 2.87. The molecule has 0 aliphatic heterocycles. The number of ether oxygens (including phenoxy) is 1. The van der Waals surface area contributed by atoms with Gasteiger partial charge in [-0.1, -0.05) is 23.3 Å². The molecule has 0 aromatic carbocycles. The maximum absolute atomic E-state index is 11.0. The smallest absolute Gasteiger partial charge is 0.145 e. The van der Waals surface area contributed by atoms with Crippen molar-refractivity contribution in [3.63, 3.8) is 0 Å². The third-order valence-corrected chi connectivity index (χ3v) is 3.33. The minimum atomic E-state index is 0.0194. The molecule has 1 atom stereocenters. The summed E-state index contributed by atoms with van der Waals surface area (Å²) in [5, 5.41) is 0. The van der Waals surface area contributed by atoms with Gasteiger partial charge in [0.25, 0.3) is 0 Å². The quantitative estimate of drug-likeness (QED) is 0.545. The summed E-state index contributed by atoms with van der Waals surface area (Å²) in [6.45, 7) is 4.29. The van der Waals surface area contributed by atoms with Crippen molar-refractivity contribution in [2.24, 2.45) is 0 Å². The van der Waals surface area contributed by atoms with Gasteiger partial charge in [-0.2, -0.15) is 0 Å². The molecule has 0 radical (unpaired) electrons. The summed E-state index contributed by atoms with van der Waals surface area (Å²) in [5.74, 6) is 0. The van der Waals surface area contributed by atoms with E-state index in [1.165, 1.54) is 11.1 Å². The number of allylic oxidation sites excluding steroid dienone is 4. The number of rotatable bonds is 2. The number of hydrogen-bond donors (Lipinski definition) is 0. The molecule has 18 heavy (non-hydrogen) atoms. The molecule has 0 N–H and O–H groups in total. The van der Waals surface area contributed by atoms with Crippen molar-refractivity contribution in [1.82, 2.24) is 0 Å². The molecule has 100 valence electrons. The molecule has 0 saturated heterocycles. The van der Waals surface area contributed by atoms with Gasteiger partial charge >= 0.3 is 0 Å². The lowest BCUT2D eigenvalue weighted by atomic mass is 10.0. The molecule has 1 aliphatic carbocycles. The molecule has 0 heterocycles. The zero-order valence-electron chi connectivity index (χ0n) is 11.7. The summed E-state index contributed by atoms with van der Waals surface area (Å²) < 4.78 is 5.43. The van der Waals surface area contributed by atoms with Crippen LogP contribution in [-0.2, 0) is 9.53 Å². The zero-order chi connectivity index (χ0) is 13.4. The molecule has 1 rings (SSSR count). The standard InChI is InChI=1S/C16H24O2/c1-13-6-4-8-14(2)10-16(18-3)11-15(12-17)9-5-7-13/h7-8,11-12,16H,4-6,9-10H2,1-3H3/b13-7-,14-8-,15-11+/t16-/m1/s1. The van der Waals surface area contributed by atoms with E-state index in [1.807, 2.05) is 6.08 Å². The average Bonchev–Trinajstić information content (AvgIpc) is 2.34. The van der Waals surface area contributed by atoms with Crippen molar-refractivity contribution in [3.05, 3.63) is 34.9 Å². The first-order valence-electron chi connectivity index (χ1n) is 6.65. The van der Waals surface area contributed by atoms with Crippen LogP contribution in [0.25, 0.3) is 0 Å². The van der Waals surface area contributed by atoms with Crippen molar-refractivity contribution >= 4 is 6.29 Å². The Morgan fingerprint density at radius 2 is 1.83 bits per heavy atom. The molecule has 0 amide bonds. The van der Waals surface area contributed by atoms with E-state index < -0.39 is 0 Å². The third-order valence-electron chi connectivity index (χ3n) is 3.33. The Morgan fingerprint density at radius 3 is 2.50 bits per heavy atom. The Labute approximate surface area is 110 Å². The highest BCUT2D eigenvalue weighted by Gasteiger charge is 2.07. The normalized spacial score (nSPS) is 31.7. The average molecular weight is 248 g/mol. The zero-order valence-corrected chi connectivity index (χ0v) is 11.7. The second-order valence-electron chi connectivity index (χ2n) is 5.02. The lowest BCUT2D eigenvalue weighted by Crippen LogP contribution is -2.09. The SMILES string of the molecule is CO[C@H]1/C=C(/C=O)CC/C=C(/C)CC/C=C(/C)C1. The third kappa shape index (κ3) is 5.46. The molecule has 0 aromatic heterocycles.